The van der Waals surface area contributed by atoms with Gasteiger partial charge in [0.2, 0.25) is 0 Å². The van der Waals surface area contributed by atoms with Crippen molar-refractivity contribution in [1.29, 1.82) is 0 Å². The van der Waals surface area contributed by atoms with E-state index < -0.39 is 0 Å². The number of ether oxygens (including phenoxy) is 1. The molecular formula is C10H13ClN2O3S. The van der Waals surface area contributed by atoms with Gasteiger partial charge in [0.25, 0.3) is 5.56 Å². The molecule has 5 nitrogen and oxygen atoms in total. The molecule has 1 rings (SSSR count). The van der Waals surface area contributed by atoms with Crippen LogP contribution in [0.5, 0.6) is 0 Å². The van der Waals surface area contributed by atoms with Crippen LogP contribution in [-0.2, 0) is 16.6 Å². The van der Waals surface area contributed by atoms with Crippen LogP contribution in [-0.4, -0.2) is 28.1 Å². The Morgan fingerprint density at radius 2 is 2.35 bits per heavy atom. The predicted molar refractivity (Wildman–Crippen MR) is 66.4 cm³/mol. The number of hydrogen-bond acceptors (Lipinski definition) is 5. The molecular weight excluding hydrogens is 264 g/mol. The van der Waals surface area contributed by atoms with Crippen LogP contribution in [0, 0.1) is 0 Å². The summed E-state index contributed by atoms with van der Waals surface area (Å²) in [6.07, 6.45) is 1.77. The van der Waals surface area contributed by atoms with Crippen molar-refractivity contribution >= 4 is 29.3 Å². The molecule has 0 aromatic carbocycles. The van der Waals surface area contributed by atoms with Gasteiger partial charge in [-0.1, -0.05) is 18.5 Å². The SMILES string of the molecule is COC(=O)CC(C)Sc1cnn(C)c(=O)c1Cl. The van der Waals surface area contributed by atoms with Crippen LogP contribution in [0.15, 0.2) is 15.9 Å². The van der Waals surface area contributed by atoms with Gasteiger partial charge in [-0.15, -0.1) is 11.8 Å². The monoisotopic (exact) mass is 276 g/mol. The average molecular weight is 277 g/mol. The molecule has 0 N–H and O–H groups in total. The maximum atomic E-state index is 11.5. The highest BCUT2D eigenvalue weighted by Gasteiger charge is 2.14. The van der Waals surface area contributed by atoms with Crippen molar-refractivity contribution in [3.8, 4) is 0 Å². The van der Waals surface area contributed by atoms with E-state index in [9.17, 15) is 9.59 Å². The highest BCUT2D eigenvalue weighted by atomic mass is 35.5. The maximum absolute atomic E-state index is 11.5. The van der Waals surface area contributed by atoms with Gasteiger partial charge in [0.05, 0.1) is 24.6 Å². The molecule has 0 aliphatic carbocycles. The van der Waals surface area contributed by atoms with Gasteiger partial charge < -0.3 is 4.74 Å². The first kappa shape index (κ1) is 14.1. The summed E-state index contributed by atoms with van der Waals surface area (Å²) in [5, 5.41) is 3.97. The fourth-order valence-corrected chi connectivity index (χ4v) is 2.41. The molecule has 94 valence electrons. The normalized spacial score (nSPS) is 12.2. The zero-order chi connectivity index (χ0) is 13.0. The van der Waals surface area contributed by atoms with Crippen molar-refractivity contribution in [3.05, 3.63) is 21.6 Å². The number of esters is 1. The molecule has 17 heavy (non-hydrogen) atoms. The summed E-state index contributed by atoms with van der Waals surface area (Å²) in [4.78, 5) is 23.2. The van der Waals surface area contributed by atoms with Gasteiger partial charge in [0.1, 0.15) is 5.02 Å². The Morgan fingerprint density at radius 3 is 2.94 bits per heavy atom. The van der Waals surface area contributed by atoms with E-state index in [0.717, 1.165) is 4.68 Å². The highest BCUT2D eigenvalue weighted by Crippen LogP contribution is 2.28. The lowest BCUT2D eigenvalue weighted by Gasteiger charge is -2.10. The zero-order valence-corrected chi connectivity index (χ0v) is 11.3. The van der Waals surface area contributed by atoms with Crippen LogP contribution in [0.4, 0.5) is 0 Å². The fourth-order valence-electron chi connectivity index (χ4n) is 1.15. The molecule has 0 aliphatic heterocycles. The minimum Gasteiger partial charge on any atom is -0.469 e. The largest absolute Gasteiger partial charge is 0.469 e. The molecule has 0 spiro atoms. The van der Waals surface area contributed by atoms with Crippen molar-refractivity contribution in [1.82, 2.24) is 9.78 Å². The van der Waals surface area contributed by atoms with E-state index >= 15 is 0 Å². The number of nitrogens with zero attached hydrogens (tertiary/aromatic N) is 2. The highest BCUT2D eigenvalue weighted by molar-refractivity contribution is 8.00. The number of methoxy groups -OCH3 is 1. The van der Waals surface area contributed by atoms with Gasteiger partial charge in [0.15, 0.2) is 0 Å². The molecule has 1 unspecified atom stereocenters. The van der Waals surface area contributed by atoms with Crippen molar-refractivity contribution < 1.29 is 9.53 Å². The Kier molecular flexibility index (Phi) is 5.02. The van der Waals surface area contributed by atoms with Gasteiger partial charge in [0, 0.05) is 12.3 Å². The molecule has 0 fully saturated rings. The van der Waals surface area contributed by atoms with E-state index in [-0.39, 0.29) is 28.2 Å². The van der Waals surface area contributed by atoms with Crippen LogP contribution < -0.4 is 5.56 Å². The van der Waals surface area contributed by atoms with Crippen LogP contribution in [0.1, 0.15) is 13.3 Å². The summed E-state index contributed by atoms with van der Waals surface area (Å²) < 4.78 is 5.73. The van der Waals surface area contributed by atoms with E-state index in [1.165, 1.54) is 32.1 Å². The van der Waals surface area contributed by atoms with Crippen LogP contribution in [0.25, 0.3) is 0 Å². The number of rotatable bonds is 4. The first-order valence-corrected chi connectivity index (χ1v) is 6.16. The van der Waals surface area contributed by atoms with Gasteiger partial charge in [-0.2, -0.15) is 5.10 Å². The van der Waals surface area contributed by atoms with E-state index in [0.29, 0.717) is 4.90 Å². The zero-order valence-electron chi connectivity index (χ0n) is 9.77. The second-order valence-corrected chi connectivity index (χ2v) is 5.32. The first-order valence-electron chi connectivity index (χ1n) is 4.91. The van der Waals surface area contributed by atoms with E-state index in [1.54, 1.807) is 0 Å². The van der Waals surface area contributed by atoms with Gasteiger partial charge in [-0.25, -0.2) is 4.68 Å². The molecule has 7 heteroatoms. The molecule has 0 saturated heterocycles. The van der Waals surface area contributed by atoms with Gasteiger partial charge in [-0.05, 0) is 0 Å². The molecule has 1 aromatic heterocycles. The van der Waals surface area contributed by atoms with Crippen molar-refractivity contribution in [3.63, 3.8) is 0 Å². The lowest BCUT2D eigenvalue weighted by Crippen LogP contribution is -2.20. The maximum Gasteiger partial charge on any atom is 0.306 e. The molecule has 0 saturated carbocycles. The average Bonchev–Trinajstić information content (AvgIpc) is 2.29. The third-order valence-electron chi connectivity index (χ3n) is 2.06. The Morgan fingerprint density at radius 1 is 1.71 bits per heavy atom. The second-order valence-electron chi connectivity index (χ2n) is 3.46. The molecule has 1 aromatic rings. The quantitative estimate of drug-likeness (QED) is 0.616. The third-order valence-corrected chi connectivity index (χ3v) is 3.67. The Balaban J connectivity index is 2.79. The standard InChI is InChI=1S/C10H13ClN2O3S/c1-6(4-8(14)16-3)17-7-5-12-13(2)10(15)9(7)11/h5-6H,4H2,1-3H3. The molecule has 0 aliphatic rings. The number of hydrogen-bond donors (Lipinski definition) is 0. The summed E-state index contributed by atoms with van der Waals surface area (Å²) in [7, 11) is 2.87. The van der Waals surface area contributed by atoms with Crippen molar-refractivity contribution in [2.24, 2.45) is 7.05 Å². The Labute approximate surface area is 108 Å². The lowest BCUT2D eigenvalue weighted by molar-refractivity contribution is -0.140. The molecule has 0 amide bonds. The smallest absolute Gasteiger partial charge is 0.306 e. The molecule has 0 bridgehead atoms. The Bertz CT molecular complexity index is 475. The summed E-state index contributed by atoms with van der Waals surface area (Å²) in [6.45, 7) is 1.86. The topological polar surface area (TPSA) is 61.2 Å². The first-order chi connectivity index (χ1) is 7.95. The number of carbonyl (C=O) groups excluding carboxylic acids is 1. The van der Waals surface area contributed by atoms with Gasteiger partial charge in [-0.3, -0.25) is 9.59 Å². The van der Waals surface area contributed by atoms with Crippen LogP contribution in [0.3, 0.4) is 0 Å². The van der Waals surface area contributed by atoms with Crippen LogP contribution >= 0.6 is 23.4 Å². The Hall–Kier alpha value is -1.01. The minimum atomic E-state index is -0.345. The second kappa shape index (κ2) is 6.07. The third kappa shape index (κ3) is 3.74. The summed E-state index contributed by atoms with van der Waals surface area (Å²) >= 11 is 7.23. The van der Waals surface area contributed by atoms with E-state index in [2.05, 4.69) is 9.84 Å². The minimum absolute atomic E-state index is 0.0335. The number of halogens is 1. The number of aromatic nitrogens is 2. The fraction of sp³-hybridized carbons (Fsp3) is 0.500. The summed E-state index contributed by atoms with van der Waals surface area (Å²) in [5.74, 6) is -0.294. The van der Waals surface area contributed by atoms with E-state index in [4.69, 9.17) is 11.6 Å². The van der Waals surface area contributed by atoms with E-state index in [1.807, 2.05) is 6.92 Å². The van der Waals surface area contributed by atoms with Gasteiger partial charge >= 0.3 is 5.97 Å². The summed E-state index contributed by atoms with van der Waals surface area (Å²) in [6, 6.07) is 0. The lowest BCUT2D eigenvalue weighted by atomic mass is 10.3. The number of aryl methyl sites for hydroxylation is 1. The van der Waals surface area contributed by atoms with Crippen molar-refractivity contribution in [2.75, 3.05) is 7.11 Å². The molecule has 0 radical (unpaired) electrons. The summed E-state index contributed by atoms with van der Waals surface area (Å²) in [5.41, 5.74) is -0.345. The number of thioether (sulfide) groups is 1. The van der Waals surface area contributed by atoms with Crippen LogP contribution in [0.2, 0.25) is 5.02 Å². The molecule has 1 heterocycles. The number of carbonyl (C=O) groups is 1. The van der Waals surface area contributed by atoms with Crippen molar-refractivity contribution in [2.45, 2.75) is 23.5 Å². The predicted octanol–water partition coefficient (Wildman–Crippen LogP) is 1.48. The molecule has 1 atom stereocenters.